The van der Waals surface area contributed by atoms with Crippen LogP contribution < -0.4 is 0 Å². The van der Waals surface area contributed by atoms with Crippen molar-refractivity contribution in [2.24, 2.45) is 0 Å². The van der Waals surface area contributed by atoms with E-state index in [2.05, 4.69) is 9.97 Å². The number of likely N-dealkylation sites (tertiary alicyclic amines) is 1. The van der Waals surface area contributed by atoms with Crippen LogP contribution in [0.15, 0.2) is 11.2 Å². The highest BCUT2D eigenvalue weighted by Gasteiger charge is 2.34. The van der Waals surface area contributed by atoms with Gasteiger partial charge in [-0.3, -0.25) is 4.21 Å². The molecule has 122 valence electrons. The van der Waals surface area contributed by atoms with Gasteiger partial charge in [-0.15, -0.1) is 0 Å². The molecule has 1 aliphatic heterocycles. The number of hydrogen-bond donors (Lipinski definition) is 0. The van der Waals surface area contributed by atoms with Gasteiger partial charge in [0.25, 0.3) is 0 Å². The van der Waals surface area contributed by atoms with E-state index in [0.29, 0.717) is 24.7 Å². The zero-order valence-corrected chi connectivity index (χ0v) is 14.6. The highest BCUT2D eigenvalue weighted by atomic mass is 32.2. The molecule has 7 heteroatoms. The van der Waals surface area contributed by atoms with E-state index in [1.54, 1.807) is 4.90 Å². The van der Waals surface area contributed by atoms with Gasteiger partial charge in [0.1, 0.15) is 5.60 Å². The molecular weight excluding hydrogens is 302 g/mol. The van der Waals surface area contributed by atoms with Gasteiger partial charge in [0, 0.05) is 24.5 Å². The van der Waals surface area contributed by atoms with Crippen molar-refractivity contribution in [3.63, 3.8) is 0 Å². The first-order chi connectivity index (χ1) is 10.2. The zero-order valence-electron chi connectivity index (χ0n) is 13.8. The van der Waals surface area contributed by atoms with Crippen LogP contribution in [0, 0.1) is 13.8 Å². The van der Waals surface area contributed by atoms with Crippen molar-refractivity contribution in [2.45, 2.75) is 57.0 Å². The molecule has 2 atom stereocenters. The molecule has 1 aromatic rings. The molecule has 22 heavy (non-hydrogen) atoms. The van der Waals surface area contributed by atoms with E-state index in [1.165, 1.54) is 0 Å². The Kier molecular flexibility index (Phi) is 4.84. The van der Waals surface area contributed by atoms with Crippen LogP contribution in [-0.4, -0.2) is 49.1 Å². The van der Waals surface area contributed by atoms with Crippen molar-refractivity contribution in [1.82, 2.24) is 14.9 Å². The topological polar surface area (TPSA) is 72.4 Å². The van der Waals surface area contributed by atoms with Gasteiger partial charge in [0.15, 0.2) is 0 Å². The third-order valence-corrected chi connectivity index (χ3v) is 4.77. The van der Waals surface area contributed by atoms with Gasteiger partial charge in [0.2, 0.25) is 5.16 Å². The minimum absolute atomic E-state index is 0.145. The summed E-state index contributed by atoms with van der Waals surface area (Å²) in [6.45, 7) is 10.2. The first kappa shape index (κ1) is 16.9. The normalized spacial score (nSPS) is 20.0. The summed E-state index contributed by atoms with van der Waals surface area (Å²) >= 11 is 0. The molecule has 0 aliphatic carbocycles. The average Bonchev–Trinajstić information content (AvgIpc) is 2.84. The smallest absolute Gasteiger partial charge is 0.410 e. The lowest BCUT2D eigenvalue weighted by Gasteiger charge is -2.24. The predicted octanol–water partition coefficient (Wildman–Crippen LogP) is 2.21. The first-order valence-electron chi connectivity index (χ1n) is 7.36. The third-order valence-electron chi connectivity index (χ3n) is 3.24. The molecule has 1 aromatic heterocycles. The van der Waals surface area contributed by atoms with E-state index in [1.807, 2.05) is 40.7 Å². The van der Waals surface area contributed by atoms with E-state index in [4.69, 9.17) is 4.74 Å². The molecule has 1 amide bonds. The number of amides is 1. The molecule has 0 aromatic carbocycles. The summed E-state index contributed by atoms with van der Waals surface area (Å²) in [4.78, 5) is 22.2. The van der Waals surface area contributed by atoms with Gasteiger partial charge in [-0.05, 0) is 47.1 Å². The van der Waals surface area contributed by atoms with E-state index in [0.717, 1.165) is 11.4 Å². The molecule has 1 fully saturated rings. The molecular formula is C15H23N3O3S. The van der Waals surface area contributed by atoms with E-state index < -0.39 is 16.4 Å². The summed E-state index contributed by atoms with van der Waals surface area (Å²) < 4.78 is 18.0. The highest BCUT2D eigenvalue weighted by Crippen LogP contribution is 2.21. The Morgan fingerprint density at radius 1 is 1.32 bits per heavy atom. The summed E-state index contributed by atoms with van der Waals surface area (Å²) in [5.41, 5.74) is 1.08. The maximum atomic E-state index is 12.6. The SMILES string of the molecule is Cc1cc(C)nc([S@](=O)[C@H]2CCN(C(=O)OC(C)(C)C)C2)n1. The van der Waals surface area contributed by atoms with Gasteiger partial charge in [-0.1, -0.05) is 0 Å². The number of aryl methyl sites for hydroxylation is 2. The number of nitrogens with zero attached hydrogens (tertiary/aromatic N) is 3. The molecule has 1 saturated heterocycles. The summed E-state index contributed by atoms with van der Waals surface area (Å²) in [6.07, 6.45) is 0.315. The first-order valence-corrected chi connectivity index (χ1v) is 8.58. The van der Waals surface area contributed by atoms with E-state index >= 15 is 0 Å². The van der Waals surface area contributed by atoms with Gasteiger partial charge in [-0.2, -0.15) is 0 Å². The van der Waals surface area contributed by atoms with Crippen LogP contribution in [0.5, 0.6) is 0 Å². The molecule has 0 spiro atoms. The Morgan fingerprint density at radius 3 is 2.45 bits per heavy atom. The number of rotatable bonds is 2. The Morgan fingerprint density at radius 2 is 1.91 bits per heavy atom. The molecule has 0 unspecified atom stereocenters. The fraction of sp³-hybridized carbons (Fsp3) is 0.667. The van der Waals surface area contributed by atoms with Crippen LogP contribution in [0.1, 0.15) is 38.6 Å². The van der Waals surface area contributed by atoms with Crippen molar-refractivity contribution in [3.8, 4) is 0 Å². The van der Waals surface area contributed by atoms with Crippen LogP contribution in [0.3, 0.4) is 0 Å². The summed E-state index contributed by atoms with van der Waals surface area (Å²) in [5.74, 6) is 0. The molecule has 0 radical (unpaired) electrons. The number of carbonyl (C=O) groups excluding carboxylic acids is 1. The van der Waals surface area contributed by atoms with Crippen LogP contribution in [0.2, 0.25) is 0 Å². The van der Waals surface area contributed by atoms with Gasteiger partial charge < -0.3 is 9.64 Å². The van der Waals surface area contributed by atoms with E-state index in [-0.39, 0.29) is 11.3 Å². The molecule has 0 saturated carbocycles. The molecule has 6 nitrogen and oxygen atoms in total. The molecule has 2 heterocycles. The Balaban J connectivity index is 2.03. The van der Waals surface area contributed by atoms with Gasteiger partial charge in [0.05, 0.1) is 16.0 Å². The number of aromatic nitrogens is 2. The summed E-state index contributed by atoms with van der Waals surface area (Å²) in [7, 11) is -1.31. The van der Waals surface area contributed by atoms with Crippen molar-refractivity contribution < 1.29 is 13.7 Å². The molecule has 2 rings (SSSR count). The largest absolute Gasteiger partial charge is 0.444 e. The Bertz CT molecular complexity index is 578. The van der Waals surface area contributed by atoms with Gasteiger partial charge in [-0.25, -0.2) is 14.8 Å². The molecule has 0 bridgehead atoms. The summed E-state index contributed by atoms with van der Waals surface area (Å²) in [6, 6.07) is 1.85. The second-order valence-corrected chi connectivity index (χ2v) is 8.19. The Hall–Kier alpha value is -1.50. The lowest BCUT2D eigenvalue weighted by atomic mass is 10.2. The van der Waals surface area contributed by atoms with Crippen molar-refractivity contribution in [2.75, 3.05) is 13.1 Å². The van der Waals surface area contributed by atoms with Crippen LogP contribution >= 0.6 is 0 Å². The predicted molar refractivity (Wildman–Crippen MR) is 84.1 cm³/mol. The van der Waals surface area contributed by atoms with Crippen molar-refractivity contribution >= 4 is 16.9 Å². The number of carbonyl (C=O) groups is 1. The minimum atomic E-state index is -1.31. The quantitative estimate of drug-likeness (QED) is 0.780. The van der Waals surface area contributed by atoms with Crippen LogP contribution in [0.4, 0.5) is 4.79 Å². The highest BCUT2D eigenvalue weighted by molar-refractivity contribution is 7.85. The van der Waals surface area contributed by atoms with Gasteiger partial charge >= 0.3 is 6.09 Å². The lowest BCUT2D eigenvalue weighted by molar-refractivity contribution is 0.0295. The minimum Gasteiger partial charge on any atom is -0.444 e. The molecule has 0 N–H and O–H groups in total. The summed E-state index contributed by atoms with van der Waals surface area (Å²) in [5, 5.41) is 0.210. The molecule has 1 aliphatic rings. The zero-order chi connectivity index (χ0) is 16.5. The standard InChI is InChI=1S/C15H23N3O3S/c1-10-8-11(2)17-13(16-10)22(20)12-6-7-18(9-12)14(19)21-15(3,4)5/h8,12H,6-7,9H2,1-5H3/t12-,22+/m0/s1. The monoisotopic (exact) mass is 325 g/mol. The Labute approximate surface area is 133 Å². The average molecular weight is 325 g/mol. The second kappa shape index (κ2) is 6.32. The number of ether oxygens (including phenoxy) is 1. The maximum absolute atomic E-state index is 12.6. The van der Waals surface area contributed by atoms with Crippen LogP contribution in [0.25, 0.3) is 0 Å². The fourth-order valence-electron chi connectivity index (χ4n) is 2.33. The van der Waals surface area contributed by atoms with Crippen molar-refractivity contribution in [1.29, 1.82) is 0 Å². The van der Waals surface area contributed by atoms with Crippen molar-refractivity contribution in [3.05, 3.63) is 17.5 Å². The third kappa shape index (κ3) is 4.25. The lowest BCUT2D eigenvalue weighted by Crippen LogP contribution is -2.36. The van der Waals surface area contributed by atoms with E-state index in [9.17, 15) is 9.00 Å². The number of hydrogen-bond acceptors (Lipinski definition) is 5. The fourth-order valence-corrected chi connectivity index (χ4v) is 3.73. The second-order valence-electron chi connectivity index (χ2n) is 6.57. The maximum Gasteiger partial charge on any atom is 0.410 e. The van der Waals surface area contributed by atoms with Crippen LogP contribution in [-0.2, 0) is 15.5 Å².